The molecule has 1 atom stereocenters. The summed E-state index contributed by atoms with van der Waals surface area (Å²) in [7, 11) is 0. The summed E-state index contributed by atoms with van der Waals surface area (Å²) in [6.45, 7) is 10.7. The van der Waals surface area contributed by atoms with Crippen LogP contribution in [-0.2, 0) is 6.42 Å². The van der Waals surface area contributed by atoms with E-state index in [9.17, 15) is 9.50 Å². The first kappa shape index (κ1) is 30.0. The molecule has 0 aliphatic carbocycles. The minimum absolute atomic E-state index is 0.0908. The molecule has 3 aromatic carbocycles. The molecule has 5 rings (SSSR count). The Morgan fingerprint density at radius 3 is 2.38 bits per heavy atom. The molecule has 40 heavy (non-hydrogen) atoms. The zero-order valence-corrected chi connectivity index (χ0v) is 25.5. The van der Waals surface area contributed by atoms with Gasteiger partial charge in [0.25, 0.3) is 0 Å². The number of halogens is 1. The first-order valence-electron chi connectivity index (χ1n) is 14.7. The zero-order valence-electron chi connectivity index (χ0n) is 24.6. The summed E-state index contributed by atoms with van der Waals surface area (Å²) in [6, 6.07) is 21.2. The molecule has 0 aromatic heterocycles. The lowest BCUT2D eigenvalue weighted by Crippen LogP contribution is -2.26. The van der Waals surface area contributed by atoms with Crippen molar-refractivity contribution in [3.8, 4) is 11.5 Å². The molecule has 0 saturated heterocycles. The van der Waals surface area contributed by atoms with Gasteiger partial charge in [-0.05, 0) is 115 Å². The normalized spacial score (nSPS) is 15.8. The van der Waals surface area contributed by atoms with E-state index in [2.05, 4.69) is 81.5 Å². The predicted molar refractivity (Wildman–Crippen MR) is 170 cm³/mol. The van der Waals surface area contributed by atoms with Crippen molar-refractivity contribution in [2.45, 2.75) is 89.7 Å². The number of nitrogens with one attached hydrogen (secondary N) is 1. The molecular formula is C35H44FNO2S. The Labute approximate surface area is 244 Å². The molecular weight excluding hydrogens is 517 g/mol. The van der Waals surface area contributed by atoms with Gasteiger partial charge in [-0.3, -0.25) is 4.39 Å². The van der Waals surface area contributed by atoms with Crippen molar-refractivity contribution in [2.75, 3.05) is 17.7 Å². The molecule has 0 saturated carbocycles. The van der Waals surface area contributed by atoms with Crippen molar-refractivity contribution < 1.29 is 14.2 Å². The number of aromatic hydroxyl groups is 1. The number of alkyl halides is 1. The van der Waals surface area contributed by atoms with E-state index in [1.165, 1.54) is 39.1 Å². The van der Waals surface area contributed by atoms with Crippen molar-refractivity contribution in [3.63, 3.8) is 0 Å². The maximum Gasteiger partial charge on any atom is 0.119 e. The quantitative estimate of drug-likeness (QED) is 0.273. The molecule has 0 radical (unpaired) electrons. The number of fused-ring (bicyclic) bond motifs is 2. The van der Waals surface area contributed by atoms with Crippen LogP contribution in [0.5, 0.6) is 11.5 Å². The molecule has 2 N–H and O–H groups in total. The average Bonchev–Trinajstić information content (AvgIpc) is 3.26. The second-order valence-corrected chi connectivity index (χ2v) is 12.4. The van der Waals surface area contributed by atoms with Crippen LogP contribution in [-0.4, -0.2) is 29.2 Å². The monoisotopic (exact) mass is 561 g/mol. The highest BCUT2D eigenvalue weighted by Crippen LogP contribution is 2.46. The standard InChI is InChI=1S/C31H35NO2S.C4H9F/c1-5-7-24(6-2)34-25-12-8-20(9-13-25)30-26-14-11-23(33)17-29(26)35-19-27(30)21-10-15-28-22(16-21)18-31(3,4)32-28;1-2-3-4-5/h8-17,24,32-33H,5-7,18-19H2,1-4H3;2-4H2,1H3. The van der Waals surface area contributed by atoms with Crippen LogP contribution in [0.3, 0.4) is 0 Å². The maximum absolute atomic E-state index is 11.0. The lowest BCUT2D eigenvalue weighted by molar-refractivity contribution is 0.186. The molecule has 3 aromatic rings. The lowest BCUT2D eigenvalue weighted by atomic mass is 9.88. The summed E-state index contributed by atoms with van der Waals surface area (Å²) in [5, 5.41) is 13.8. The molecule has 2 aliphatic rings. The molecule has 0 spiro atoms. The van der Waals surface area contributed by atoms with Crippen molar-refractivity contribution in [1.82, 2.24) is 0 Å². The van der Waals surface area contributed by atoms with E-state index in [-0.39, 0.29) is 18.3 Å². The van der Waals surface area contributed by atoms with Crippen LogP contribution in [0.1, 0.15) is 89.0 Å². The van der Waals surface area contributed by atoms with Crippen molar-refractivity contribution in [3.05, 3.63) is 82.9 Å². The summed E-state index contributed by atoms with van der Waals surface area (Å²) < 4.78 is 17.2. The van der Waals surface area contributed by atoms with Gasteiger partial charge in [0.2, 0.25) is 0 Å². The van der Waals surface area contributed by atoms with Crippen LogP contribution >= 0.6 is 11.8 Å². The van der Waals surface area contributed by atoms with Crippen LogP contribution in [0.25, 0.3) is 11.1 Å². The number of phenols is 1. The van der Waals surface area contributed by atoms with E-state index < -0.39 is 0 Å². The third-order valence-corrected chi connectivity index (χ3v) is 8.55. The summed E-state index contributed by atoms with van der Waals surface area (Å²) in [5.74, 6) is 2.11. The Morgan fingerprint density at radius 2 is 1.73 bits per heavy atom. The van der Waals surface area contributed by atoms with Gasteiger partial charge in [0.15, 0.2) is 0 Å². The summed E-state index contributed by atoms with van der Waals surface area (Å²) in [6.07, 6.45) is 6.20. The van der Waals surface area contributed by atoms with Crippen LogP contribution < -0.4 is 10.1 Å². The number of phenolic OH excluding ortho intramolecular Hbond substituents is 1. The Balaban J connectivity index is 0.000000681. The number of thioether (sulfide) groups is 1. The van der Waals surface area contributed by atoms with E-state index in [0.29, 0.717) is 5.75 Å². The molecule has 1 unspecified atom stereocenters. The number of anilines is 1. The van der Waals surface area contributed by atoms with E-state index in [1.54, 1.807) is 17.8 Å². The third kappa shape index (κ3) is 7.23. The minimum atomic E-state index is -0.156. The molecule has 0 bridgehead atoms. The van der Waals surface area contributed by atoms with Gasteiger partial charge in [-0.25, -0.2) is 0 Å². The van der Waals surface area contributed by atoms with Gasteiger partial charge in [0, 0.05) is 21.9 Å². The number of ether oxygens (including phenoxy) is 1. The van der Waals surface area contributed by atoms with E-state index >= 15 is 0 Å². The fraction of sp³-hybridized carbons (Fsp3) is 0.429. The highest BCUT2D eigenvalue weighted by molar-refractivity contribution is 7.99. The molecule has 3 nitrogen and oxygen atoms in total. The van der Waals surface area contributed by atoms with E-state index in [0.717, 1.165) is 54.9 Å². The Hall–Kier alpha value is -2.92. The molecule has 0 amide bonds. The third-order valence-electron chi connectivity index (χ3n) is 7.47. The SMILES string of the molecule is CCCC(CC)Oc1ccc(C2=C(c3ccc4c(c3)CC(C)(C)N4)CSc3cc(O)ccc32)cc1.CCCCF. The van der Waals surface area contributed by atoms with Gasteiger partial charge in [-0.15, -0.1) is 11.8 Å². The second kappa shape index (κ2) is 13.6. The lowest BCUT2D eigenvalue weighted by Gasteiger charge is -2.25. The van der Waals surface area contributed by atoms with Crippen LogP contribution in [0.2, 0.25) is 0 Å². The first-order valence-corrected chi connectivity index (χ1v) is 15.7. The first-order chi connectivity index (χ1) is 19.3. The van der Waals surface area contributed by atoms with Gasteiger partial charge in [0.1, 0.15) is 11.5 Å². The minimum Gasteiger partial charge on any atom is -0.508 e. The fourth-order valence-corrected chi connectivity index (χ4v) is 6.55. The number of hydrogen-bond acceptors (Lipinski definition) is 4. The Kier molecular flexibility index (Phi) is 10.2. The smallest absolute Gasteiger partial charge is 0.119 e. The molecule has 2 aliphatic heterocycles. The van der Waals surface area contributed by atoms with E-state index in [1.807, 2.05) is 13.0 Å². The molecule has 5 heteroatoms. The Bertz CT molecular complexity index is 1310. The topological polar surface area (TPSA) is 41.5 Å². The molecule has 214 valence electrons. The largest absolute Gasteiger partial charge is 0.508 e. The zero-order chi connectivity index (χ0) is 28.7. The van der Waals surface area contributed by atoms with Gasteiger partial charge in [0.05, 0.1) is 12.8 Å². The summed E-state index contributed by atoms with van der Waals surface area (Å²) in [4.78, 5) is 1.13. The summed E-state index contributed by atoms with van der Waals surface area (Å²) in [5.41, 5.74) is 8.94. The van der Waals surface area contributed by atoms with Crippen LogP contribution in [0, 0.1) is 0 Å². The molecule has 0 fully saturated rings. The van der Waals surface area contributed by atoms with E-state index in [4.69, 9.17) is 4.74 Å². The van der Waals surface area contributed by atoms with Gasteiger partial charge >= 0.3 is 0 Å². The van der Waals surface area contributed by atoms with Crippen molar-refractivity contribution in [2.24, 2.45) is 0 Å². The number of benzene rings is 3. The maximum atomic E-state index is 11.0. The second-order valence-electron chi connectivity index (χ2n) is 11.4. The van der Waals surface area contributed by atoms with Crippen LogP contribution in [0.4, 0.5) is 10.1 Å². The highest BCUT2D eigenvalue weighted by Gasteiger charge is 2.29. The number of hydrogen-bond donors (Lipinski definition) is 2. The molecule has 2 heterocycles. The van der Waals surface area contributed by atoms with Crippen molar-refractivity contribution in [1.29, 1.82) is 0 Å². The van der Waals surface area contributed by atoms with Crippen molar-refractivity contribution >= 4 is 28.6 Å². The van der Waals surface area contributed by atoms with Gasteiger partial charge in [-0.1, -0.05) is 51.8 Å². The van der Waals surface area contributed by atoms with Gasteiger partial charge in [-0.2, -0.15) is 0 Å². The predicted octanol–water partition coefficient (Wildman–Crippen LogP) is 9.92. The fourth-order valence-electron chi connectivity index (χ4n) is 5.41. The Morgan fingerprint density at radius 1 is 0.975 bits per heavy atom. The van der Waals surface area contributed by atoms with Crippen LogP contribution in [0.15, 0.2) is 65.6 Å². The summed E-state index contributed by atoms with van der Waals surface area (Å²) >= 11 is 1.80. The number of unbranched alkanes of at least 4 members (excludes halogenated alkanes) is 1. The number of rotatable bonds is 9. The van der Waals surface area contributed by atoms with Gasteiger partial charge < -0.3 is 15.2 Å². The average molecular weight is 562 g/mol. The highest BCUT2D eigenvalue weighted by atomic mass is 32.2.